The van der Waals surface area contributed by atoms with Crippen molar-refractivity contribution in [3.8, 4) is 5.75 Å². The predicted octanol–water partition coefficient (Wildman–Crippen LogP) is 1.43. The minimum absolute atomic E-state index is 0.00322. The third kappa shape index (κ3) is 6.44. The highest BCUT2D eigenvalue weighted by molar-refractivity contribution is 5.83. The van der Waals surface area contributed by atoms with Crippen LogP contribution in [0.15, 0.2) is 24.3 Å². The molecule has 1 aliphatic rings. The second kappa shape index (κ2) is 9.43. The van der Waals surface area contributed by atoms with Gasteiger partial charge in [-0.25, -0.2) is 4.79 Å². The van der Waals surface area contributed by atoms with E-state index in [0.29, 0.717) is 31.9 Å². The van der Waals surface area contributed by atoms with Crippen molar-refractivity contribution in [2.75, 3.05) is 39.8 Å². The Balaban J connectivity index is 1.78. The van der Waals surface area contributed by atoms with Crippen molar-refractivity contribution in [1.82, 2.24) is 15.1 Å². The first-order valence-electron chi connectivity index (χ1n) is 9.34. The maximum Gasteiger partial charge on any atom is 0.408 e. The van der Waals surface area contributed by atoms with Gasteiger partial charge < -0.3 is 24.6 Å². The molecule has 8 heteroatoms. The monoisotopic (exact) mass is 391 g/mol. The van der Waals surface area contributed by atoms with Crippen LogP contribution in [0.25, 0.3) is 0 Å². The Bertz CT molecular complexity index is 706. The Kier molecular flexibility index (Phi) is 7.25. The second-order valence-electron chi connectivity index (χ2n) is 7.61. The molecule has 1 heterocycles. The summed E-state index contributed by atoms with van der Waals surface area (Å²) in [5.41, 5.74) is 0.232. The fourth-order valence-electron chi connectivity index (χ4n) is 2.90. The van der Waals surface area contributed by atoms with Gasteiger partial charge >= 0.3 is 6.09 Å². The summed E-state index contributed by atoms with van der Waals surface area (Å²) in [6, 6.07) is 7.44. The van der Waals surface area contributed by atoms with Gasteiger partial charge in [0.05, 0.1) is 13.5 Å². The number of methoxy groups -OCH3 is 1. The van der Waals surface area contributed by atoms with Crippen molar-refractivity contribution in [1.29, 1.82) is 0 Å². The van der Waals surface area contributed by atoms with Crippen LogP contribution in [-0.4, -0.2) is 73.1 Å². The summed E-state index contributed by atoms with van der Waals surface area (Å²) in [5.74, 6) is 0.504. The molecule has 1 aliphatic heterocycles. The lowest BCUT2D eigenvalue weighted by atomic mass is 10.1. The fourth-order valence-corrected chi connectivity index (χ4v) is 2.90. The molecule has 0 atom stereocenters. The number of hydrogen-bond acceptors (Lipinski definition) is 5. The number of piperazine rings is 1. The van der Waals surface area contributed by atoms with Gasteiger partial charge in [-0.1, -0.05) is 18.2 Å². The zero-order valence-electron chi connectivity index (χ0n) is 17.0. The number of para-hydroxylation sites is 1. The Morgan fingerprint density at radius 1 is 1.00 bits per heavy atom. The number of amides is 3. The number of alkyl carbamates (subject to hydrolysis) is 1. The van der Waals surface area contributed by atoms with E-state index in [2.05, 4.69) is 5.32 Å². The van der Waals surface area contributed by atoms with Crippen LogP contribution in [0.1, 0.15) is 26.3 Å². The van der Waals surface area contributed by atoms with Crippen molar-refractivity contribution in [3.05, 3.63) is 29.8 Å². The Hall–Kier alpha value is -2.77. The van der Waals surface area contributed by atoms with E-state index in [-0.39, 0.29) is 24.8 Å². The third-order valence-corrected chi connectivity index (χ3v) is 4.30. The molecular weight excluding hydrogens is 362 g/mol. The van der Waals surface area contributed by atoms with Gasteiger partial charge in [-0.15, -0.1) is 0 Å². The molecule has 1 N–H and O–H groups in total. The summed E-state index contributed by atoms with van der Waals surface area (Å²) in [7, 11) is 1.58. The van der Waals surface area contributed by atoms with Crippen LogP contribution < -0.4 is 10.1 Å². The number of hydrogen-bond donors (Lipinski definition) is 1. The number of rotatable bonds is 5. The van der Waals surface area contributed by atoms with Gasteiger partial charge in [-0.05, 0) is 26.8 Å². The molecule has 0 spiro atoms. The average molecular weight is 391 g/mol. The first kappa shape index (κ1) is 21.5. The Labute approximate surface area is 165 Å². The van der Waals surface area contributed by atoms with Crippen molar-refractivity contribution >= 4 is 17.9 Å². The standard InChI is InChI=1S/C20H29N3O5/c1-20(2,3)28-19(26)21-14-18(25)23-11-9-22(10-12-23)17(24)13-15-7-5-6-8-16(15)27-4/h5-8H,9-14H2,1-4H3,(H,21,26). The molecule has 1 aromatic carbocycles. The highest BCUT2D eigenvalue weighted by Gasteiger charge is 2.25. The minimum atomic E-state index is -0.619. The van der Waals surface area contributed by atoms with Crippen LogP contribution in [0.5, 0.6) is 5.75 Å². The molecular formula is C20H29N3O5. The van der Waals surface area contributed by atoms with E-state index < -0.39 is 11.7 Å². The molecule has 0 unspecified atom stereocenters. The van der Waals surface area contributed by atoms with E-state index in [0.717, 1.165) is 5.56 Å². The van der Waals surface area contributed by atoms with Crippen molar-refractivity contribution < 1.29 is 23.9 Å². The van der Waals surface area contributed by atoms with Crippen LogP contribution in [-0.2, 0) is 20.7 Å². The van der Waals surface area contributed by atoms with Crippen LogP contribution in [0.4, 0.5) is 4.79 Å². The SMILES string of the molecule is COc1ccccc1CC(=O)N1CCN(C(=O)CNC(=O)OC(C)(C)C)CC1. The fraction of sp³-hybridized carbons (Fsp3) is 0.550. The normalized spacial score (nSPS) is 14.4. The van der Waals surface area contributed by atoms with Crippen molar-refractivity contribution in [3.63, 3.8) is 0 Å². The van der Waals surface area contributed by atoms with E-state index in [4.69, 9.17) is 9.47 Å². The zero-order chi connectivity index (χ0) is 20.7. The van der Waals surface area contributed by atoms with Gasteiger partial charge in [-0.2, -0.15) is 0 Å². The number of nitrogens with zero attached hydrogens (tertiary/aromatic N) is 2. The molecule has 0 aliphatic carbocycles. The second-order valence-corrected chi connectivity index (χ2v) is 7.61. The van der Waals surface area contributed by atoms with Gasteiger partial charge in [0.2, 0.25) is 11.8 Å². The van der Waals surface area contributed by atoms with E-state index in [1.807, 2.05) is 24.3 Å². The lowest BCUT2D eigenvalue weighted by Crippen LogP contribution is -2.53. The molecule has 1 aromatic rings. The molecule has 1 saturated heterocycles. The van der Waals surface area contributed by atoms with E-state index in [1.54, 1.807) is 37.7 Å². The highest BCUT2D eigenvalue weighted by Crippen LogP contribution is 2.19. The number of carbonyl (C=O) groups is 3. The van der Waals surface area contributed by atoms with Gasteiger partial charge in [0.1, 0.15) is 17.9 Å². The summed E-state index contributed by atoms with van der Waals surface area (Å²) < 4.78 is 10.4. The van der Waals surface area contributed by atoms with Crippen LogP contribution in [0.2, 0.25) is 0 Å². The molecule has 154 valence electrons. The summed E-state index contributed by atoms with van der Waals surface area (Å²) in [5, 5.41) is 2.47. The smallest absolute Gasteiger partial charge is 0.408 e. The summed E-state index contributed by atoms with van der Waals surface area (Å²) in [4.78, 5) is 39.8. The number of carbonyl (C=O) groups excluding carboxylic acids is 3. The molecule has 0 radical (unpaired) electrons. The molecule has 1 fully saturated rings. The highest BCUT2D eigenvalue weighted by atomic mass is 16.6. The molecule has 0 aromatic heterocycles. The third-order valence-electron chi connectivity index (χ3n) is 4.30. The number of nitrogens with one attached hydrogen (secondary N) is 1. The Morgan fingerprint density at radius 2 is 1.57 bits per heavy atom. The quantitative estimate of drug-likeness (QED) is 0.820. The van der Waals surface area contributed by atoms with Crippen LogP contribution >= 0.6 is 0 Å². The van der Waals surface area contributed by atoms with Crippen molar-refractivity contribution in [2.24, 2.45) is 0 Å². The summed E-state index contributed by atoms with van der Waals surface area (Å²) in [6.07, 6.45) is -0.357. The van der Waals surface area contributed by atoms with Crippen molar-refractivity contribution in [2.45, 2.75) is 32.8 Å². The first-order chi connectivity index (χ1) is 13.2. The van der Waals surface area contributed by atoms with E-state index >= 15 is 0 Å². The Morgan fingerprint density at radius 3 is 2.14 bits per heavy atom. The van der Waals surface area contributed by atoms with Gasteiger partial charge in [0, 0.05) is 31.7 Å². The van der Waals surface area contributed by atoms with Crippen LogP contribution in [0.3, 0.4) is 0 Å². The molecule has 28 heavy (non-hydrogen) atoms. The molecule has 2 rings (SSSR count). The predicted molar refractivity (Wildman–Crippen MR) is 104 cm³/mol. The maximum atomic E-state index is 12.6. The largest absolute Gasteiger partial charge is 0.496 e. The lowest BCUT2D eigenvalue weighted by molar-refractivity contribution is -0.138. The van der Waals surface area contributed by atoms with Gasteiger partial charge in [-0.3, -0.25) is 9.59 Å². The molecule has 3 amide bonds. The topological polar surface area (TPSA) is 88.2 Å². The van der Waals surface area contributed by atoms with Gasteiger partial charge in [0.25, 0.3) is 0 Å². The molecule has 0 saturated carbocycles. The lowest BCUT2D eigenvalue weighted by Gasteiger charge is -2.35. The minimum Gasteiger partial charge on any atom is -0.496 e. The van der Waals surface area contributed by atoms with E-state index in [1.165, 1.54) is 0 Å². The number of benzene rings is 1. The molecule has 0 bridgehead atoms. The molecule has 8 nitrogen and oxygen atoms in total. The maximum absolute atomic E-state index is 12.6. The van der Waals surface area contributed by atoms with E-state index in [9.17, 15) is 14.4 Å². The number of ether oxygens (including phenoxy) is 2. The van der Waals surface area contributed by atoms with Crippen LogP contribution in [0, 0.1) is 0 Å². The summed E-state index contributed by atoms with van der Waals surface area (Å²) in [6.45, 7) is 6.96. The zero-order valence-corrected chi connectivity index (χ0v) is 17.0. The average Bonchev–Trinajstić information content (AvgIpc) is 2.65. The van der Waals surface area contributed by atoms with Gasteiger partial charge in [0.15, 0.2) is 0 Å². The summed E-state index contributed by atoms with van der Waals surface area (Å²) >= 11 is 0. The first-order valence-corrected chi connectivity index (χ1v) is 9.34.